The Kier molecular flexibility index (Phi) is 5.85. The van der Waals surface area contributed by atoms with Crippen molar-refractivity contribution in [1.82, 2.24) is 0 Å². The molecule has 0 atom stereocenters. The van der Waals surface area contributed by atoms with Gasteiger partial charge in [0.1, 0.15) is 0 Å². The van der Waals surface area contributed by atoms with Gasteiger partial charge in [-0.1, -0.05) is 17.7 Å². The van der Waals surface area contributed by atoms with E-state index >= 15 is 0 Å². The number of rotatable bonds is 6. The number of aryl methyl sites for hydroxylation is 2. The highest BCUT2D eigenvalue weighted by Crippen LogP contribution is 2.21. The van der Waals surface area contributed by atoms with Crippen molar-refractivity contribution in [2.45, 2.75) is 27.7 Å². The molecule has 2 rings (SSSR count). The summed E-state index contributed by atoms with van der Waals surface area (Å²) in [5, 5.41) is 2.89. The van der Waals surface area contributed by atoms with Gasteiger partial charge in [0.2, 0.25) is 10.0 Å². The fraction of sp³-hybridized carbons (Fsp3) is 0.316. The highest BCUT2D eigenvalue weighted by Gasteiger charge is 2.19. The van der Waals surface area contributed by atoms with Crippen LogP contribution in [0, 0.1) is 13.8 Å². The van der Waals surface area contributed by atoms with Crippen LogP contribution in [0.25, 0.3) is 0 Å². The van der Waals surface area contributed by atoms with Crippen molar-refractivity contribution in [3.8, 4) is 0 Å². The van der Waals surface area contributed by atoms with Crippen LogP contribution in [0.15, 0.2) is 42.5 Å². The van der Waals surface area contributed by atoms with E-state index in [0.717, 1.165) is 16.8 Å². The first-order valence-electron chi connectivity index (χ1n) is 8.27. The van der Waals surface area contributed by atoms with E-state index in [1.165, 1.54) is 4.31 Å². The van der Waals surface area contributed by atoms with Crippen molar-refractivity contribution in [3.63, 3.8) is 0 Å². The van der Waals surface area contributed by atoms with Crippen LogP contribution in [0.4, 0.5) is 11.4 Å². The van der Waals surface area contributed by atoms with E-state index in [4.69, 9.17) is 0 Å². The van der Waals surface area contributed by atoms with Crippen molar-refractivity contribution >= 4 is 27.3 Å². The third kappa shape index (κ3) is 4.39. The second kappa shape index (κ2) is 7.70. The molecule has 134 valence electrons. The van der Waals surface area contributed by atoms with Gasteiger partial charge in [-0.15, -0.1) is 0 Å². The maximum atomic E-state index is 12.4. The maximum absolute atomic E-state index is 12.4. The van der Waals surface area contributed by atoms with Crippen LogP contribution in [-0.2, 0) is 10.0 Å². The minimum absolute atomic E-state index is 0.0375. The lowest BCUT2D eigenvalue weighted by molar-refractivity contribution is 0.102. The second-order valence-corrected chi connectivity index (χ2v) is 8.07. The molecular formula is C19H24N2O3S. The molecule has 0 fully saturated rings. The van der Waals surface area contributed by atoms with E-state index in [1.807, 2.05) is 32.0 Å². The Morgan fingerprint density at radius 1 is 1.04 bits per heavy atom. The zero-order valence-corrected chi connectivity index (χ0v) is 15.9. The lowest BCUT2D eigenvalue weighted by Gasteiger charge is -2.22. The summed E-state index contributed by atoms with van der Waals surface area (Å²) in [5.41, 5.74) is 3.94. The molecule has 25 heavy (non-hydrogen) atoms. The third-order valence-electron chi connectivity index (χ3n) is 4.04. The molecule has 0 heterocycles. The van der Waals surface area contributed by atoms with Crippen LogP contribution in [0.1, 0.15) is 35.3 Å². The highest BCUT2D eigenvalue weighted by atomic mass is 32.2. The Morgan fingerprint density at radius 3 is 2.20 bits per heavy atom. The van der Waals surface area contributed by atoms with Crippen molar-refractivity contribution in [2.24, 2.45) is 0 Å². The van der Waals surface area contributed by atoms with Gasteiger partial charge in [-0.05, 0) is 63.6 Å². The Balaban J connectivity index is 2.20. The van der Waals surface area contributed by atoms with Crippen molar-refractivity contribution in [1.29, 1.82) is 0 Å². The average molecular weight is 360 g/mol. The second-order valence-electron chi connectivity index (χ2n) is 5.88. The van der Waals surface area contributed by atoms with Gasteiger partial charge < -0.3 is 5.32 Å². The van der Waals surface area contributed by atoms with Crippen LogP contribution < -0.4 is 9.62 Å². The summed E-state index contributed by atoms with van der Waals surface area (Å²) in [6.07, 6.45) is 0. The molecule has 2 aromatic carbocycles. The molecule has 0 aliphatic carbocycles. The van der Waals surface area contributed by atoms with Crippen LogP contribution in [0.2, 0.25) is 0 Å². The first kappa shape index (κ1) is 19.0. The van der Waals surface area contributed by atoms with Gasteiger partial charge in [0.05, 0.1) is 11.4 Å². The Labute approximate surface area is 149 Å². The number of nitrogens with one attached hydrogen (secondary N) is 1. The van der Waals surface area contributed by atoms with Gasteiger partial charge in [-0.2, -0.15) is 0 Å². The predicted molar refractivity (Wildman–Crippen MR) is 103 cm³/mol. The van der Waals surface area contributed by atoms with Gasteiger partial charge in [0, 0.05) is 17.8 Å². The molecule has 0 spiro atoms. The smallest absolute Gasteiger partial charge is 0.255 e. The highest BCUT2D eigenvalue weighted by molar-refractivity contribution is 7.92. The molecule has 0 saturated carbocycles. The van der Waals surface area contributed by atoms with E-state index in [1.54, 1.807) is 38.1 Å². The van der Waals surface area contributed by atoms with Gasteiger partial charge in [0.25, 0.3) is 5.91 Å². The van der Waals surface area contributed by atoms with E-state index in [2.05, 4.69) is 5.32 Å². The van der Waals surface area contributed by atoms with Crippen molar-refractivity contribution < 1.29 is 13.2 Å². The molecule has 1 N–H and O–H groups in total. The Morgan fingerprint density at radius 2 is 1.68 bits per heavy atom. The summed E-state index contributed by atoms with van der Waals surface area (Å²) in [6.45, 7) is 7.70. The molecule has 0 saturated heterocycles. The fourth-order valence-electron chi connectivity index (χ4n) is 2.62. The molecule has 0 bridgehead atoms. The van der Waals surface area contributed by atoms with E-state index < -0.39 is 10.0 Å². The molecule has 0 unspecified atom stereocenters. The quantitative estimate of drug-likeness (QED) is 0.853. The normalized spacial score (nSPS) is 11.2. The molecule has 5 nitrogen and oxygen atoms in total. The zero-order valence-electron chi connectivity index (χ0n) is 15.0. The summed E-state index contributed by atoms with van der Waals surface area (Å²) in [7, 11) is -3.32. The molecule has 0 radical (unpaired) electrons. The van der Waals surface area contributed by atoms with Crippen LogP contribution in [0.3, 0.4) is 0 Å². The number of carbonyl (C=O) groups is 1. The summed E-state index contributed by atoms with van der Waals surface area (Å²) in [4.78, 5) is 12.4. The molecule has 6 heteroatoms. The molecule has 1 amide bonds. The Bertz CT molecular complexity index is 859. The number of hydrogen-bond acceptors (Lipinski definition) is 3. The number of sulfonamides is 1. The standard InChI is InChI=1S/C19H24N2O3S/c1-5-21(25(23,24)6-2)17-10-8-16(9-11-17)19(22)20-18-12-7-14(3)13-15(18)4/h7-13H,5-6H2,1-4H3,(H,20,22). The lowest BCUT2D eigenvalue weighted by Crippen LogP contribution is -2.32. The van der Waals surface area contributed by atoms with Crippen LogP contribution in [-0.4, -0.2) is 26.6 Å². The van der Waals surface area contributed by atoms with Crippen LogP contribution >= 0.6 is 0 Å². The Hall–Kier alpha value is -2.34. The molecular weight excluding hydrogens is 336 g/mol. The van der Waals surface area contributed by atoms with Gasteiger partial charge in [0.15, 0.2) is 0 Å². The minimum atomic E-state index is -3.32. The lowest BCUT2D eigenvalue weighted by atomic mass is 10.1. The summed E-state index contributed by atoms with van der Waals surface area (Å²) in [6, 6.07) is 12.4. The van der Waals surface area contributed by atoms with E-state index in [9.17, 15) is 13.2 Å². The van der Waals surface area contributed by atoms with Crippen molar-refractivity contribution in [3.05, 3.63) is 59.2 Å². The number of nitrogens with zero attached hydrogens (tertiary/aromatic N) is 1. The number of benzene rings is 2. The van der Waals surface area contributed by atoms with Crippen LogP contribution in [0.5, 0.6) is 0 Å². The van der Waals surface area contributed by atoms with Gasteiger partial charge in [-0.3, -0.25) is 9.10 Å². The number of amides is 1. The third-order valence-corrected chi connectivity index (χ3v) is 5.91. The molecule has 0 aliphatic heterocycles. The predicted octanol–water partition coefficient (Wildman–Crippen LogP) is 3.73. The zero-order chi connectivity index (χ0) is 18.6. The number of carbonyl (C=O) groups excluding carboxylic acids is 1. The monoisotopic (exact) mass is 360 g/mol. The van der Waals surface area contributed by atoms with E-state index in [-0.39, 0.29) is 11.7 Å². The summed E-state index contributed by atoms with van der Waals surface area (Å²) in [5.74, 6) is -0.185. The largest absolute Gasteiger partial charge is 0.322 e. The van der Waals surface area contributed by atoms with Gasteiger partial charge >= 0.3 is 0 Å². The van der Waals surface area contributed by atoms with Crippen molar-refractivity contribution in [2.75, 3.05) is 21.9 Å². The van der Waals surface area contributed by atoms with Gasteiger partial charge in [-0.25, -0.2) is 8.42 Å². The number of hydrogen-bond donors (Lipinski definition) is 1. The topological polar surface area (TPSA) is 66.5 Å². The first-order chi connectivity index (χ1) is 11.8. The summed E-state index contributed by atoms with van der Waals surface area (Å²) >= 11 is 0. The molecule has 2 aromatic rings. The SMILES string of the molecule is CCN(c1ccc(C(=O)Nc2ccc(C)cc2C)cc1)S(=O)(=O)CC. The van der Waals surface area contributed by atoms with E-state index in [0.29, 0.717) is 17.8 Å². The minimum Gasteiger partial charge on any atom is -0.322 e. The fourth-order valence-corrected chi connectivity index (χ4v) is 3.77. The summed E-state index contributed by atoms with van der Waals surface area (Å²) < 4.78 is 25.6. The molecule has 0 aliphatic rings. The number of anilines is 2. The average Bonchev–Trinajstić information content (AvgIpc) is 2.58. The maximum Gasteiger partial charge on any atom is 0.255 e. The first-order valence-corrected chi connectivity index (χ1v) is 9.88. The molecule has 0 aromatic heterocycles.